The van der Waals surface area contributed by atoms with Gasteiger partial charge in [0.25, 0.3) is 0 Å². The molecular weight excluding hydrogens is 182 g/mol. The summed E-state index contributed by atoms with van der Waals surface area (Å²) in [5, 5.41) is 0. The molecule has 1 heterocycles. The van der Waals surface area contributed by atoms with Gasteiger partial charge in [0.05, 0.1) is 0 Å². The van der Waals surface area contributed by atoms with E-state index in [9.17, 15) is 0 Å². The number of hydrogen-bond acceptors (Lipinski definition) is 2. The maximum Gasteiger partial charge on any atom is 0.0357 e. The van der Waals surface area contributed by atoms with Crippen molar-refractivity contribution in [3.05, 3.63) is 36.0 Å². The predicted octanol–water partition coefficient (Wildman–Crippen LogP) is 1.89. The van der Waals surface area contributed by atoms with Crippen molar-refractivity contribution in [3.8, 4) is 0 Å². The summed E-state index contributed by atoms with van der Waals surface area (Å²) in [7, 11) is 0. The Hall–Kier alpha value is 0.370. The van der Waals surface area contributed by atoms with Gasteiger partial charge in [-0.3, -0.25) is 0 Å². The van der Waals surface area contributed by atoms with Gasteiger partial charge in [0.15, 0.2) is 0 Å². The van der Waals surface area contributed by atoms with E-state index < -0.39 is 0 Å². The predicted molar refractivity (Wildman–Crippen MR) is 50.2 cm³/mol. The minimum atomic E-state index is 0. The summed E-state index contributed by atoms with van der Waals surface area (Å²) in [4.78, 5) is 1.30. The molecular formula is C8H7CaNS. The molecule has 0 unspecified atom stereocenters. The first-order chi connectivity index (χ1) is 4.97. The fourth-order valence-corrected chi connectivity index (χ4v) is 1.60. The van der Waals surface area contributed by atoms with Crippen molar-refractivity contribution in [2.45, 2.75) is 4.90 Å². The third-order valence-electron chi connectivity index (χ3n) is 1.42. The molecule has 0 fully saturated rings. The molecule has 1 N–H and O–H groups in total. The molecule has 0 aromatic heterocycles. The van der Waals surface area contributed by atoms with Gasteiger partial charge >= 0.3 is 0 Å². The van der Waals surface area contributed by atoms with Crippen molar-refractivity contribution in [3.63, 3.8) is 0 Å². The quantitative estimate of drug-likeness (QED) is 0.494. The Balaban J connectivity index is 0.000000605. The third-order valence-corrected chi connectivity index (χ3v) is 2.26. The molecule has 2 rings (SSSR count). The average Bonchev–Trinajstić information content (AvgIpc) is 2.05. The van der Waals surface area contributed by atoms with Crippen LogP contribution in [0.1, 0.15) is 5.56 Å². The molecule has 11 heavy (non-hydrogen) atoms. The van der Waals surface area contributed by atoms with Gasteiger partial charge in [-0.25, -0.2) is 0 Å². The third kappa shape index (κ3) is 2.15. The van der Waals surface area contributed by atoms with Gasteiger partial charge in [0.2, 0.25) is 0 Å². The summed E-state index contributed by atoms with van der Waals surface area (Å²) in [6.45, 7) is 0. The summed E-state index contributed by atoms with van der Waals surface area (Å²) in [5.41, 5.74) is 1.30. The molecule has 0 amide bonds. The molecule has 52 valence electrons. The van der Waals surface area contributed by atoms with Gasteiger partial charge in [-0.1, -0.05) is 18.2 Å². The summed E-state index contributed by atoms with van der Waals surface area (Å²) >= 11 is 1.65. The summed E-state index contributed by atoms with van der Waals surface area (Å²) < 4.78 is 3.08. The first-order valence-electron chi connectivity index (χ1n) is 3.15. The monoisotopic (exact) mass is 189 g/mol. The van der Waals surface area contributed by atoms with Crippen molar-refractivity contribution >= 4 is 55.8 Å². The van der Waals surface area contributed by atoms with Crippen LogP contribution in [-0.2, 0) is 0 Å². The van der Waals surface area contributed by atoms with E-state index in [1.165, 1.54) is 10.5 Å². The van der Waals surface area contributed by atoms with E-state index in [4.69, 9.17) is 0 Å². The van der Waals surface area contributed by atoms with E-state index in [1.807, 2.05) is 12.3 Å². The van der Waals surface area contributed by atoms with Crippen LogP contribution >= 0.6 is 11.9 Å². The Morgan fingerprint density at radius 3 is 2.82 bits per heavy atom. The van der Waals surface area contributed by atoms with Gasteiger partial charge in [0.1, 0.15) is 0 Å². The number of fused-ring (bicyclic) bond motifs is 1. The topological polar surface area (TPSA) is 12.0 Å². The molecule has 0 saturated heterocycles. The Morgan fingerprint density at radius 1 is 1.18 bits per heavy atom. The second-order valence-corrected chi connectivity index (χ2v) is 2.97. The van der Waals surface area contributed by atoms with Crippen LogP contribution in [0.5, 0.6) is 0 Å². The van der Waals surface area contributed by atoms with Crippen LogP contribution in [0.4, 0.5) is 0 Å². The second-order valence-electron chi connectivity index (χ2n) is 2.09. The maximum atomic E-state index is 3.08. The fraction of sp³-hybridized carbons (Fsp3) is 0. The number of rotatable bonds is 0. The smallest absolute Gasteiger partial charge is 0.0357 e. The summed E-state index contributed by atoms with van der Waals surface area (Å²) in [5.74, 6) is 0. The number of benzene rings is 1. The van der Waals surface area contributed by atoms with E-state index in [1.54, 1.807) is 11.9 Å². The normalized spacial score (nSPS) is 12.7. The van der Waals surface area contributed by atoms with Crippen LogP contribution in [0.3, 0.4) is 0 Å². The zero-order valence-corrected chi connectivity index (χ0v) is 9.10. The molecule has 1 aromatic rings. The Labute approximate surface area is 100 Å². The minimum Gasteiger partial charge on any atom is -0.332 e. The van der Waals surface area contributed by atoms with E-state index >= 15 is 0 Å². The molecule has 0 atom stereocenters. The summed E-state index contributed by atoms with van der Waals surface area (Å²) in [6.07, 6.45) is 4.03. The van der Waals surface area contributed by atoms with Crippen LogP contribution in [0, 0.1) is 0 Å². The van der Waals surface area contributed by atoms with Crippen LogP contribution in [0.25, 0.3) is 6.08 Å². The van der Waals surface area contributed by atoms with Crippen molar-refractivity contribution in [1.82, 2.24) is 4.72 Å². The van der Waals surface area contributed by atoms with Crippen molar-refractivity contribution < 1.29 is 0 Å². The molecule has 0 aliphatic carbocycles. The van der Waals surface area contributed by atoms with E-state index in [2.05, 4.69) is 29.0 Å². The summed E-state index contributed by atoms with van der Waals surface area (Å²) in [6, 6.07) is 8.32. The van der Waals surface area contributed by atoms with Crippen LogP contribution < -0.4 is 4.72 Å². The Bertz CT molecular complexity index is 273. The molecule has 1 aliphatic rings. The van der Waals surface area contributed by atoms with Gasteiger partial charge in [-0.15, -0.1) is 0 Å². The Morgan fingerprint density at radius 2 is 2.00 bits per heavy atom. The second kappa shape index (κ2) is 4.41. The number of nitrogens with one attached hydrogen (secondary N) is 1. The van der Waals surface area contributed by atoms with Gasteiger partial charge in [-0.05, 0) is 29.7 Å². The van der Waals surface area contributed by atoms with Crippen LogP contribution in [0.2, 0.25) is 0 Å². The fourth-order valence-electron chi connectivity index (χ4n) is 0.932. The first-order valence-corrected chi connectivity index (χ1v) is 3.96. The Kier molecular flexibility index (Phi) is 3.79. The van der Waals surface area contributed by atoms with Gasteiger partial charge in [-0.2, -0.15) is 0 Å². The largest absolute Gasteiger partial charge is 0.332 e. The zero-order valence-electron chi connectivity index (χ0n) is 6.08. The zero-order chi connectivity index (χ0) is 6.81. The average molecular weight is 189 g/mol. The van der Waals surface area contributed by atoms with Gasteiger partial charge in [0, 0.05) is 48.8 Å². The number of hydrogen-bond donors (Lipinski definition) is 1. The van der Waals surface area contributed by atoms with Crippen molar-refractivity contribution in [2.24, 2.45) is 0 Å². The van der Waals surface area contributed by atoms with Crippen molar-refractivity contribution in [2.75, 3.05) is 0 Å². The maximum absolute atomic E-state index is 3.08. The van der Waals surface area contributed by atoms with E-state index in [-0.39, 0.29) is 37.7 Å². The standard InChI is InChI=1S/C8H7NS.Ca/c1-2-4-8-7(3-1)5-6-9-10-8;/h1-6,9H;. The molecule has 0 spiro atoms. The molecule has 0 bridgehead atoms. The van der Waals surface area contributed by atoms with Gasteiger partial charge < -0.3 is 4.72 Å². The molecule has 1 aliphatic heterocycles. The minimum absolute atomic E-state index is 0. The SMILES string of the molecule is C1=Cc2ccccc2SN1.[Ca]. The van der Waals surface area contributed by atoms with E-state index in [0.717, 1.165) is 0 Å². The van der Waals surface area contributed by atoms with Crippen LogP contribution in [-0.4, -0.2) is 37.7 Å². The van der Waals surface area contributed by atoms with Crippen molar-refractivity contribution in [1.29, 1.82) is 0 Å². The first kappa shape index (κ1) is 9.46. The molecule has 0 saturated carbocycles. The van der Waals surface area contributed by atoms with E-state index in [0.29, 0.717) is 0 Å². The molecule has 3 heteroatoms. The molecule has 1 nitrogen and oxygen atoms in total. The van der Waals surface area contributed by atoms with Crippen LogP contribution in [0.15, 0.2) is 35.4 Å². The molecule has 1 aromatic carbocycles. The molecule has 2 radical (unpaired) electrons.